The summed E-state index contributed by atoms with van der Waals surface area (Å²) in [5.41, 5.74) is 6.81. The predicted molar refractivity (Wildman–Crippen MR) is 95.8 cm³/mol. The van der Waals surface area contributed by atoms with Crippen molar-refractivity contribution in [3.05, 3.63) is 35.9 Å². The largest absolute Gasteiger partial charge is 0.353 e. The zero-order valence-corrected chi connectivity index (χ0v) is 14.7. The van der Waals surface area contributed by atoms with E-state index in [0.29, 0.717) is 12.6 Å². The van der Waals surface area contributed by atoms with Crippen molar-refractivity contribution in [3.63, 3.8) is 0 Å². The molecule has 0 aromatic heterocycles. The van der Waals surface area contributed by atoms with Crippen LogP contribution in [0.25, 0.3) is 0 Å². The minimum Gasteiger partial charge on any atom is -0.353 e. The molecule has 3 N–H and O–H groups in total. The third-order valence-corrected chi connectivity index (χ3v) is 4.15. The summed E-state index contributed by atoms with van der Waals surface area (Å²) in [5.74, 6) is -0.101. The number of carbonyl (C=O) groups is 1. The first kappa shape index (κ1) is 21.2. The van der Waals surface area contributed by atoms with Crippen molar-refractivity contribution < 1.29 is 4.79 Å². The van der Waals surface area contributed by atoms with E-state index >= 15 is 0 Å². The summed E-state index contributed by atoms with van der Waals surface area (Å²) in [7, 11) is 2.14. The van der Waals surface area contributed by atoms with Gasteiger partial charge < -0.3 is 16.0 Å². The van der Waals surface area contributed by atoms with E-state index in [1.165, 1.54) is 25.7 Å². The molecule has 0 bridgehead atoms. The fourth-order valence-corrected chi connectivity index (χ4v) is 2.80. The molecule has 1 aromatic rings. The summed E-state index contributed by atoms with van der Waals surface area (Å²) in [6.07, 6.45) is 5.24. The maximum absolute atomic E-state index is 12.0. The van der Waals surface area contributed by atoms with Gasteiger partial charge in [-0.05, 0) is 25.5 Å². The van der Waals surface area contributed by atoms with Crippen molar-refractivity contribution in [2.75, 3.05) is 20.1 Å². The highest BCUT2D eigenvalue weighted by Gasteiger charge is 2.20. The monoisotopic (exact) mass is 347 g/mol. The Morgan fingerprint density at radius 2 is 1.86 bits per heavy atom. The lowest BCUT2D eigenvalue weighted by atomic mass is 10.1. The first-order valence-electron chi connectivity index (χ1n) is 7.47. The number of carbonyl (C=O) groups excluding carboxylic acids is 1. The summed E-state index contributed by atoms with van der Waals surface area (Å²) in [5, 5.41) is 2.93. The zero-order valence-electron chi connectivity index (χ0n) is 13.0. The molecule has 2 rings (SSSR count). The van der Waals surface area contributed by atoms with E-state index < -0.39 is 6.04 Å². The van der Waals surface area contributed by atoms with Gasteiger partial charge in [-0.15, -0.1) is 24.8 Å². The molecule has 1 unspecified atom stereocenters. The van der Waals surface area contributed by atoms with Gasteiger partial charge in [0, 0.05) is 19.1 Å². The molecule has 0 heterocycles. The van der Waals surface area contributed by atoms with E-state index in [9.17, 15) is 4.79 Å². The van der Waals surface area contributed by atoms with Gasteiger partial charge >= 0.3 is 0 Å². The molecule has 0 saturated heterocycles. The van der Waals surface area contributed by atoms with Crippen LogP contribution < -0.4 is 11.1 Å². The molecule has 22 heavy (non-hydrogen) atoms. The third kappa shape index (κ3) is 6.13. The molecule has 1 aliphatic carbocycles. The lowest BCUT2D eigenvalue weighted by molar-refractivity contribution is -0.122. The summed E-state index contributed by atoms with van der Waals surface area (Å²) < 4.78 is 0. The van der Waals surface area contributed by atoms with Crippen LogP contribution in [0, 0.1) is 0 Å². The standard InChI is InChI=1S/C16H25N3O.2ClH/c1-19(14-9-5-6-10-14)12-11-18-16(20)15(17)13-7-3-2-4-8-13;;/h2-4,7-8,14-15H,5-6,9-12,17H2,1H3,(H,18,20);2*1H. The third-order valence-electron chi connectivity index (χ3n) is 4.15. The minimum atomic E-state index is -0.576. The molecule has 1 amide bonds. The van der Waals surface area contributed by atoms with Crippen LogP contribution in [0.4, 0.5) is 0 Å². The number of benzene rings is 1. The van der Waals surface area contributed by atoms with Gasteiger partial charge in [0.1, 0.15) is 6.04 Å². The highest BCUT2D eigenvalue weighted by atomic mass is 35.5. The number of hydrogen-bond donors (Lipinski definition) is 2. The Balaban J connectivity index is 0.00000220. The molecule has 126 valence electrons. The second kappa shape index (κ2) is 10.8. The number of rotatable bonds is 6. The summed E-state index contributed by atoms with van der Waals surface area (Å²) in [6.45, 7) is 1.55. The van der Waals surface area contributed by atoms with Crippen molar-refractivity contribution >= 4 is 30.7 Å². The Kier molecular flexibility index (Phi) is 10.4. The molecule has 1 atom stereocenters. The van der Waals surface area contributed by atoms with Gasteiger partial charge in [0.15, 0.2) is 0 Å². The van der Waals surface area contributed by atoms with Crippen LogP contribution in [0.15, 0.2) is 30.3 Å². The van der Waals surface area contributed by atoms with Crippen molar-refractivity contribution in [1.82, 2.24) is 10.2 Å². The van der Waals surface area contributed by atoms with Crippen LogP contribution in [0.5, 0.6) is 0 Å². The first-order chi connectivity index (χ1) is 9.68. The Morgan fingerprint density at radius 3 is 2.45 bits per heavy atom. The Morgan fingerprint density at radius 1 is 1.27 bits per heavy atom. The van der Waals surface area contributed by atoms with Gasteiger partial charge in [-0.25, -0.2) is 0 Å². The van der Waals surface area contributed by atoms with Gasteiger partial charge in [-0.1, -0.05) is 43.2 Å². The average Bonchev–Trinajstić information content (AvgIpc) is 3.01. The van der Waals surface area contributed by atoms with Crippen LogP contribution in [0.1, 0.15) is 37.3 Å². The smallest absolute Gasteiger partial charge is 0.241 e. The normalized spacial score (nSPS) is 15.8. The topological polar surface area (TPSA) is 58.4 Å². The number of nitrogens with one attached hydrogen (secondary N) is 1. The molecule has 4 nitrogen and oxygen atoms in total. The molecule has 1 fully saturated rings. The molecular weight excluding hydrogens is 321 g/mol. The van der Waals surface area contributed by atoms with Gasteiger partial charge in [0.05, 0.1) is 0 Å². The Hall–Kier alpha value is -0.810. The molecule has 6 heteroatoms. The maximum atomic E-state index is 12.0. The Bertz CT molecular complexity index is 425. The lowest BCUT2D eigenvalue weighted by Gasteiger charge is -2.24. The average molecular weight is 348 g/mol. The molecule has 0 spiro atoms. The van der Waals surface area contributed by atoms with Crippen LogP contribution in [0.3, 0.4) is 0 Å². The number of halogens is 2. The van der Waals surface area contributed by atoms with Gasteiger partial charge in [-0.2, -0.15) is 0 Å². The van der Waals surface area contributed by atoms with Crippen LogP contribution >= 0.6 is 24.8 Å². The number of amides is 1. The van der Waals surface area contributed by atoms with E-state index in [4.69, 9.17) is 5.73 Å². The number of likely N-dealkylation sites (N-methyl/N-ethyl adjacent to an activating group) is 1. The zero-order chi connectivity index (χ0) is 14.4. The van der Waals surface area contributed by atoms with E-state index in [0.717, 1.165) is 12.1 Å². The maximum Gasteiger partial charge on any atom is 0.241 e. The highest BCUT2D eigenvalue weighted by molar-refractivity contribution is 5.85. The predicted octanol–water partition coefficient (Wildman–Crippen LogP) is 2.52. The minimum absolute atomic E-state index is 0. The molecule has 1 aliphatic rings. The SMILES string of the molecule is CN(CCNC(=O)C(N)c1ccccc1)C1CCCC1.Cl.Cl. The fourth-order valence-electron chi connectivity index (χ4n) is 2.80. The number of hydrogen-bond acceptors (Lipinski definition) is 3. The summed E-state index contributed by atoms with van der Waals surface area (Å²) in [6, 6.07) is 9.60. The summed E-state index contributed by atoms with van der Waals surface area (Å²) in [4.78, 5) is 14.3. The van der Waals surface area contributed by atoms with E-state index in [-0.39, 0.29) is 30.7 Å². The second-order valence-electron chi connectivity index (χ2n) is 5.60. The van der Waals surface area contributed by atoms with Crippen molar-refractivity contribution in [2.24, 2.45) is 5.73 Å². The van der Waals surface area contributed by atoms with Crippen LogP contribution in [-0.2, 0) is 4.79 Å². The van der Waals surface area contributed by atoms with Gasteiger partial charge in [0.2, 0.25) is 5.91 Å². The van der Waals surface area contributed by atoms with Crippen LogP contribution in [-0.4, -0.2) is 37.0 Å². The first-order valence-corrected chi connectivity index (χ1v) is 7.47. The van der Waals surface area contributed by atoms with Crippen molar-refractivity contribution in [3.8, 4) is 0 Å². The van der Waals surface area contributed by atoms with Crippen LogP contribution in [0.2, 0.25) is 0 Å². The molecule has 1 aromatic carbocycles. The highest BCUT2D eigenvalue weighted by Crippen LogP contribution is 2.21. The van der Waals surface area contributed by atoms with Gasteiger partial charge in [0.25, 0.3) is 0 Å². The quantitative estimate of drug-likeness (QED) is 0.831. The van der Waals surface area contributed by atoms with E-state index in [1.54, 1.807) is 0 Å². The van der Waals surface area contributed by atoms with E-state index in [2.05, 4.69) is 17.3 Å². The second-order valence-corrected chi connectivity index (χ2v) is 5.60. The molecule has 0 aliphatic heterocycles. The summed E-state index contributed by atoms with van der Waals surface area (Å²) >= 11 is 0. The van der Waals surface area contributed by atoms with Gasteiger partial charge in [-0.3, -0.25) is 4.79 Å². The fraction of sp³-hybridized carbons (Fsp3) is 0.562. The van der Waals surface area contributed by atoms with E-state index in [1.807, 2.05) is 30.3 Å². The molecule has 0 radical (unpaired) electrons. The number of nitrogens with zero attached hydrogens (tertiary/aromatic N) is 1. The lowest BCUT2D eigenvalue weighted by Crippen LogP contribution is -2.40. The molecule has 1 saturated carbocycles. The van der Waals surface area contributed by atoms with Crippen molar-refractivity contribution in [2.45, 2.75) is 37.8 Å². The Labute approximate surface area is 145 Å². The number of nitrogens with two attached hydrogens (primary N) is 1. The van der Waals surface area contributed by atoms with Crippen molar-refractivity contribution in [1.29, 1.82) is 0 Å². The molecular formula is C16H27Cl2N3O.